The van der Waals surface area contributed by atoms with Crippen molar-refractivity contribution < 1.29 is 17.5 Å². The zero-order chi connectivity index (χ0) is 16.9. The zero-order valence-corrected chi connectivity index (χ0v) is 14.5. The molecule has 1 aliphatic carbocycles. The van der Waals surface area contributed by atoms with E-state index in [1.807, 2.05) is 19.0 Å². The van der Waals surface area contributed by atoms with Gasteiger partial charge in [-0.15, -0.1) is 0 Å². The number of nitrogens with one attached hydrogen (secondary N) is 1. The molecule has 0 spiro atoms. The van der Waals surface area contributed by atoms with E-state index in [0.29, 0.717) is 13.0 Å². The lowest BCUT2D eigenvalue weighted by molar-refractivity contribution is 0.200. The van der Waals surface area contributed by atoms with Gasteiger partial charge in [-0.05, 0) is 70.9 Å². The maximum Gasteiger partial charge on any atom is 0.240 e. The molecule has 1 aliphatic rings. The van der Waals surface area contributed by atoms with E-state index in [2.05, 4.69) is 4.72 Å². The van der Waals surface area contributed by atoms with E-state index in [4.69, 9.17) is 4.74 Å². The maximum atomic E-state index is 14.1. The molecule has 5 nitrogen and oxygen atoms in total. The van der Waals surface area contributed by atoms with Gasteiger partial charge in [0.15, 0.2) is 11.6 Å². The van der Waals surface area contributed by atoms with Crippen molar-refractivity contribution in [1.82, 2.24) is 9.62 Å². The Balaban J connectivity index is 1.97. The molecule has 0 heterocycles. The Morgan fingerprint density at radius 2 is 2.00 bits per heavy atom. The summed E-state index contributed by atoms with van der Waals surface area (Å²) < 4.78 is 46.5. The topological polar surface area (TPSA) is 58.6 Å². The van der Waals surface area contributed by atoms with Crippen molar-refractivity contribution in [3.8, 4) is 5.75 Å². The summed E-state index contributed by atoms with van der Waals surface area (Å²) in [6.45, 7) is 1.10. The lowest BCUT2D eigenvalue weighted by Crippen LogP contribution is -2.27. The number of rotatable bonds is 8. The largest absolute Gasteiger partial charge is 0.487 e. The van der Waals surface area contributed by atoms with Gasteiger partial charge < -0.3 is 9.64 Å². The Kier molecular flexibility index (Phi) is 6.38. The molecule has 0 aliphatic heterocycles. The summed E-state index contributed by atoms with van der Waals surface area (Å²) in [4.78, 5) is 1.90. The average Bonchev–Trinajstić information content (AvgIpc) is 2.98. The second-order valence-electron chi connectivity index (χ2n) is 6.17. The van der Waals surface area contributed by atoms with Crippen LogP contribution in [0.3, 0.4) is 0 Å². The first-order valence-electron chi connectivity index (χ1n) is 7.99. The van der Waals surface area contributed by atoms with Crippen LogP contribution < -0.4 is 9.46 Å². The highest BCUT2D eigenvalue weighted by atomic mass is 32.2. The average molecular weight is 344 g/mol. The second kappa shape index (κ2) is 8.08. The Morgan fingerprint density at radius 1 is 1.30 bits per heavy atom. The number of ether oxygens (including phenoxy) is 1. The van der Waals surface area contributed by atoms with Crippen molar-refractivity contribution >= 4 is 10.0 Å². The molecule has 0 amide bonds. The molecule has 130 valence electrons. The zero-order valence-electron chi connectivity index (χ0n) is 13.7. The van der Waals surface area contributed by atoms with E-state index in [1.165, 1.54) is 12.1 Å². The summed E-state index contributed by atoms with van der Waals surface area (Å²) in [5.41, 5.74) is 0. The molecular weight excluding hydrogens is 319 g/mol. The number of hydrogen-bond donors (Lipinski definition) is 1. The maximum absolute atomic E-state index is 14.1. The van der Waals surface area contributed by atoms with Crippen LogP contribution in [0.25, 0.3) is 0 Å². The molecule has 0 bridgehead atoms. The predicted octanol–water partition coefficient (Wildman–Crippen LogP) is 2.38. The summed E-state index contributed by atoms with van der Waals surface area (Å²) >= 11 is 0. The van der Waals surface area contributed by atoms with Crippen molar-refractivity contribution in [3.05, 3.63) is 24.0 Å². The first-order chi connectivity index (χ1) is 10.9. The van der Waals surface area contributed by atoms with Gasteiger partial charge in [0, 0.05) is 6.54 Å². The van der Waals surface area contributed by atoms with Crippen molar-refractivity contribution in [2.24, 2.45) is 0 Å². The molecule has 7 heteroatoms. The molecule has 2 rings (SSSR count). The van der Waals surface area contributed by atoms with Gasteiger partial charge in [0.05, 0.1) is 11.0 Å². The van der Waals surface area contributed by atoms with E-state index in [1.54, 1.807) is 0 Å². The molecule has 1 N–H and O–H groups in total. The second-order valence-corrected chi connectivity index (χ2v) is 7.94. The highest BCUT2D eigenvalue weighted by Crippen LogP contribution is 2.27. The number of halogens is 1. The number of hydrogen-bond acceptors (Lipinski definition) is 4. The van der Waals surface area contributed by atoms with Crippen LogP contribution >= 0.6 is 0 Å². The molecule has 0 atom stereocenters. The van der Waals surface area contributed by atoms with Crippen molar-refractivity contribution in [2.45, 2.75) is 43.1 Å². The lowest BCUT2D eigenvalue weighted by atomic mass is 10.3. The summed E-state index contributed by atoms with van der Waals surface area (Å²) in [5, 5.41) is 0. The minimum atomic E-state index is -3.69. The monoisotopic (exact) mass is 344 g/mol. The smallest absolute Gasteiger partial charge is 0.240 e. The number of benzene rings is 1. The molecular formula is C16H25FN2O3S. The fourth-order valence-electron chi connectivity index (χ4n) is 2.62. The summed E-state index contributed by atoms with van der Waals surface area (Å²) in [5.74, 6) is -0.503. The van der Waals surface area contributed by atoms with Gasteiger partial charge in [0.1, 0.15) is 0 Å². The minimum absolute atomic E-state index is 0.0381. The molecule has 0 radical (unpaired) electrons. The first-order valence-corrected chi connectivity index (χ1v) is 9.47. The third kappa shape index (κ3) is 5.44. The van der Waals surface area contributed by atoms with E-state index in [0.717, 1.165) is 38.3 Å². The molecule has 1 saturated carbocycles. The number of sulfonamides is 1. The molecule has 1 fully saturated rings. The van der Waals surface area contributed by atoms with Crippen LogP contribution in [-0.4, -0.2) is 46.6 Å². The van der Waals surface area contributed by atoms with Gasteiger partial charge in [0.25, 0.3) is 0 Å². The Bertz CT molecular complexity index is 614. The SMILES string of the molecule is CN(C)CCCNS(=O)(=O)c1ccc(OC2CCCC2)c(F)c1. The standard InChI is InChI=1S/C16H25FN2O3S/c1-19(2)11-5-10-18-23(20,21)14-8-9-16(15(17)12-14)22-13-6-3-4-7-13/h8-9,12-13,18H,3-7,10-11H2,1-2H3. The van der Waals surface area contributed by atoms with Crippen LogP contribution in [0.4, 0.5) is 4.39 Å². The predicted molar refractivity (Wildman–Crippen MR) is 87.6 cm³/mol. The van der Waals surface area contributed by atoms with Crippen molar-refractivity contribution in [2.75, 3.05) is 27.2 Å². The Labute approximate surface area is 137 Å². The summed E-state index contributed by atoms with van der Waals surface area (Å²) in [6, 6.07) is 3.82. The van der Waals surface area contributed by atoms with Crippen LogP contribution in [0.15, 0.2) is 23.1 Å². The van der Waals surface area contributed by atoms with Gasteiger partial charge in [-0.2, -0.15) is 0 Å². The molecule has 23 heavy (non-hydrogen) atoms. The van der Waals surface area contributed by atoms with Crippen LogP contribution in [0.1, 0.15) is 32.1 Å². The molecule has 1 aromatic rings. The molecule has 0 saturated heterocycles. The highest BCUT2D eigenvalue weighted by molar-refractivity contribution is 7.89. The van der Waals surface area contributed by atoms with Crippen LogP contribution in [0, 0.1) is 5.82 Å². The normalized spacial score (nSPS) is 16.2. The quantitative estimate of drug-likeness (QED) is 0.736. The number of nitrogens with zero attached hydrogens (tertiary/aromatic N) is 1. The van der Waals surface area contributed by atoms with E-state index < -0.39 is 15.8 Å². The summed E-state index contributed by atoms with van der Waals surface area (Å²) in [6.07, 6.45) is 4.76. The van der Waals surface area contributed by atoms with Gasteiger partial charge in [-0.3, -0.25) is 0 Å². The fourth-order valence-corrected chi connectivity index (χ4v) is 3.70. The highest BCUT2D eigenvalue weighted by Gasteiger charge is 2.20. The van der Waals surface area contributed by atoms with E-state index >= 15 is 0 Å². The van der Waals surface area contributed by atoms with Gasteiger partial charge in [0.2, 0.25) is 10.0 Å². The van der Waals surface area contributed by atoms with E-state index in [-0.39, 0.29) is 16.7 Å². The fraction of sp³-hybridized carbons (Fsp3) is 0.625. The van der Waals surface area contributed by atoms with Crippen molar-refractivity contribution in [1.29, 1.82) is 0 Å². The van der Waals surface area contributed by atoms with Crippen LogP contribution in [0.5, 0.6) is 5.75 Å². The van der Waals surface area contributed by atoms with Gasteiger partial charge in [-0.1, -0.05) is 0 Å². The van der Waals surface area contributed by atoms with Gasteiger partial charge >= 0.3 is 0 Å². The molecule has 0 aromatic heterocycles. The lowest BCUT2D eigenvalue weighted by Gasteiger charge is -2.14. The Morgan fingerprint density at radius 3 is 2.61 bits per heavy atom. The third-order valence-electron chi connectivity index (χ3n) is 3.88. The first kappa shape index (κ1) is 18.2. The Hall–Kier alpha value is -1.18. The third-order valence-corrected chi connectivity index (χ3v) is 5.34. The van der Waals surface area contributed by atoms with Crippen LogP contribution in [0.2, 0.25) is 0 Å². The van der Waals surface area contributed by atoms with Crippen LogP contribution in [-0.2, 0) is 10.0 Å². The minimum Gasteiger partial charge on any atom is -0.487 e. The molecule has 0 unspecified atom stereocenters. The van der Waals surface area contributed by atoms with E-state index in [9.17, 15) is 12.8 Å². The van der Waals surface area contributed by atoms with Crippen molar-refractivity contribution in [3.63, 3.8) is 0 Å². The van der Waals surface area contributed by atoms with Gasteiger partial charge in [-0.25, -0.2) is 17.5 Å². The molecule has 1 aromatic carbocycles. The summed E-state index contributed by atoms with van der Waals surface area (Å²) in [7, 11) is 0.158.